The van der Waals surface area contributed by atoms with Gasteiger partial charge in [-0.25, -0.2) is 0 Å². The van der Waals surface area contributed by atoms with Gasteiger partial charge in [-0.3, -0.25) is 0 Å². The van der Waals surface area contributed by atoms with Gasteiger partial charge in [-0.15, -0.1) is 11.8 Å². The van der Waals surface area contributed by atoms with Crippen molar-refractivity contribution in [1.82, 2.24) is 5.32 Å². The molecule has 0 amide bonds. The van der Waals surface area contributed by atoms with Gasteiger partial charge in [0.25, 0.3) is 0 Å². The van der Waals surface area contributed by atoms with Gasteiger partial charge in [0.05, 0.1) is 0 Å². The quantitative estimate of drug-likeness (QED) is 0.878. The highest BCUT2D eigenvalue weighted by atomic mass is 35.5. The lowest BCUT2D eigenvalue weighted by Gasteiger charge is -2.31. The summed E-state index contributed by atoms with van der Waals surface area (Å²) in [6.07, 6.45) is 5.48. The summed E-state index contributed by atoms with van der Waals surface area (Å²) in [7, 11) is 0. The van der Waals surface area contributed by atoms with Crippen molar-refractivity contribution < 1.29 is 0 Å². The summed E-state index contributed by atoms with van der Waals surface area (Å²) in [5, 5.41) is 4.60. The van der Waals surface area contributed by atoms with Gasteiger partial charge in [-0.05, 0) is 61.2 Å². The molecule has 92 valence electrons. The average molecular weight is 268 g/mol. The summed E-state index contributed by atoms with van der Waals surface area (Å²) in [5.41, 5.74) is 1.41. The van der Waals surface area contributed by atoms with Crippen molar-refractivity contribution in [2.24, 2.45) is 5.92 Å². The molecule has 0 spiro atoms. The Bertz CT molecular complexity index is 403. The lowest BCUT2D eigenvalue weighted by atomic mass is 9.85. The van der Waals surface area contributed by atoms with Crippen LogP contribution in [0, 0.1) is 5.92 Å². The molecule has 3 heteroatoms. The number of rotatable bonds is 3. The lowest BCUT2D eigenvalue weighted by molar-refractivity contribution is 0.287. The molecule has 0 aromatic heterocycles. The average Bonchev–Trinajstić information content (AvgIpc) is 2.27. The number of hydrogen-bond donors (Lipinski definition) is 1. The van der Waals surface area contributed by atoms with E-state index in [1.807, 2.05) is 17.8 Å². The molecule has 0 bridgehead atoms. The third kappa shape index (κ3) is 2.64. The van der Waals surface area contributed by atoms with Crippen LogP contribution in [-0.4, -0.2) is 12.3 Å². The number of nitrogens with one attached hydrogen (secondary N) is 1. The third-order valence-corrected chi connectivity index (χ3v) is 5.25. The standard InChI is InChI=1S/C14H18ClNS/c15-11-4-5-14-12(8-11)13(6-7-17-14)16-9-10-2-1-3-10/h4-5,8,10,13,16H,1-3,6-7,9H2. The summed E-state index contributed by atoms with van der Waals surface area (Å²) >= 11 is 8.06. The van der Waals surface area contributed by atoms with Crippen LogP contribution in [0.3, 0.4) is 0 Å². The van der Waals surface area contributed by atoms with Crippen molar-refractivity contribution in [1.29, 1.82) is 0 Å². The fourth-order valence-corrected chi connectivity index (χ4v) is 3.87. The lowest BCUT2D eigenvalue weighted by Crippen LogP contribution is -2.32. The zero-order valence-corrected chi connectivity index (χ0v) is 11.5. The van der Waals surface area contributed by atoms with Crippen LogP contribution in [0.4, 0.5) is 0 Å². The predicted octanol–water partition coefficient (Wildman–Crippen LogP) is 4.27. The Labute approximate surface area is 112 Å². The minimum atomic E-state index is 0.519. The van der Waals surface area contributed by atoms with Gasteiger partial charge in [0.15, 0.2) is 0 Å². The zero-order chi connectivity index (χ0) is 11.7. The highest BCUT2D eigenvalue weighted by Gasteiger charge is 2.23. The minimum absolute atomic E-state index is 0.519. The second-order valence-corrected chi connectivity index (χ2v) is 6.65. The number of fused-ring (bicyclic) bond motifs is 1. The molecule has 1 unspecified atom stereocenters. The molecule has 1 N–H and O–H groups in total. The van der Waals surface area contributed by atoms with Crippen molar-refractivity contribution in [3.05, 3.63) is 28.8 Å². The molecule has 1 heterocycles. The normalized spacial score (nSPS) is 24.2. The zero-order valence-electron chi connectivity index (χ0n) is 9.92. The number of hydrogen-bond acceptors (Lipinski definition) is 2. The monoisotopic (exact) mass is 267 g/mol. The van der Waals surface area contributed by atoms with E-state index < -0.39 is 0 Å². The first-order valence-corrected chi connectivity index (χ1v) is 7.85. The molecule has 1 aromatic rings. The van der Waals surface area contributed by atoms with Gasteiger partial charge in [-0.1, -0.05) is 18.0 Å². The molecule has 3 rings (SSSR count). The van der Waals surface area contributed by atoms with Crippen molar-refractivity contribution in [2.75, 3.05) is 12.3 Å². The molecule has 1 aromatic carbocycles. The molecule has 1 atom stereocenters. The van der Waals surface area contributed by atoms with E-state index in [0.29, 0.717) is 6.04 Å². The van der Waals surface area contributed by atoms with Gasteiger partial charge in [0.1, 0.15) is 0 Å². The Hall–Kier alpha value is -0.180. The largest absolute Gasteiger partial charge is 0.310 e. The second kappa shape index (κ2) is 5.21. The SMILES string of the molecule is Clc1ccc2c(c1)C(NCC1CCC1)CCS2. The Morgan fingerprint density at radius 2 is 2.18 bits per heavy atom. The fraction of sp³-hybridized carbons (Fsp3) is 0.571. The summed E-state index contributed by atoms with van der Waals surface area (Å²) in [6.45, 7) is 1.18. The number of halogens is 1. The van der Waals surface area contributed by atoms with Gasteiger partial charge in [0.2, 0.25) is 0 Å². The van der Waals surface area contributed by atoms with Gasteiger partial charge in [0, 0.05) is 16.0 Å². The highest BCUT2D eigenvalue weighted by Crippen LogP contribution is 2.38. The molecule has 1 nitrogen and oxygen atoms in total. The molecule has 17 heavy (non-hydrogen) atoms. The summed E-state index contributed by atoms with van der Waals surface area (Å²) in [6, 6.07) is 6.83. The van der Waals surface area contributed by atoms with Gasteiger partial charge >= 0.3 is 0 Å². The van der Waals surface area contributed by atoms with Gasteiger partial charge in [-0.2, -0.15) is 0 Å². The van der Waals surface area contributed by atoms with Crippen LogP contribution in [0.2, 0.25) is 5.02 Å². The minimum Gasteiger partial charge on any atom is -0.310 e. The second-order valence-electron chi connectivity index (χ2n) is 5.08. The third-order valence-electron chi connectivity index (χ3n) is 3.89. The molecular weight excluding hydrogens is 250 g/mol. The van der Waals surface area contributed by atoms with Crippen molar-refractivity contribution >= 4 is 23.4 Å². The summed E-state index contributed by atoms with van der Waals surface area (Å²) in [4.78, 5) is 1.41. The van der Waals surface area contributed by atoms with Gasteiger partial charge < -0.3 is 5.32 Å². The first kappa shape index (κ1) is 11.9. The van der Waals surface area contributed by atoms with E-state index in [2.05, 4.69) is 17.4 Å². The topological polar surface area (TPSA) is 12.0 Å². The molecular formula is C14H18ClNS. The first-order valence-electron chi connectivity index (χ1n) is 6.48. The van der Waals surface area contributed by atoms with E-state index in [0.717, 1.165) is 10.9 Å². The van der Waals surface area contributed by atoms with E-state index in [1.54, 1.807) is 0 Å². The summed E-state index contributed by atoms with van der Waals surface area (Å²) < 4.78 is 0. The van der Waals surface area contributed by atoms with Crippen molar-refractivity contribution in [2.45, 2.75) is 36.6 Å². The number of thioether (sulfide) groups is 1. The van der Waals surface area contributed by atoms with Crippen molar-refractivity contribution in [3.63, 3.8) is 0 Å². The highest BCUT2D eigenvalue weighted by molar-refractivity contribution is 7.99. The predicted molar refractivity (Wildman–Crippen MR) is 74.9 cm³/mol. The van der Waals surface area contributed by atoms with Crippen LogP contribution in [0.25, 0.3) is 0 Å². The molecule has 2 aliphatic rings. The van der Waals surface area contributed by atoms with E-state index in [1.165, 1.54) is 48.4 Å². The maximum Gasteiger partial charge on any atom is 0.0410 e. The van der Waals surface area contributed by atoms with Crippen LogP contribution in [-0.2, 0) is 0 Å². The Morgan fingerprint density at radius 3 is 2.94 bits per heavy atom. The van der Waals surface area contributed by atoms with Crippen LogP contribution < -0.4 is 5.32 Å². The van der Waals surface area contributed by atoms with Crippen LogP contribution >= 0.6 is 23.4 Å². The smallest absolute Gasteiger partial charge is 0.0410 e. The van der Waals surface area contributed by atoms with E-state index in [-0.39, 0.29) is 0 Å². The molecule has 1 fully saturated rings. The Kier molecular flexibility index (Phi) is 3.64. The molecule has 0 radical (unpaired) electrons. The maximum atomic E-state index is 6.11. The molecule has 1 aliphatic carbocycles. The van der Waals surface area contributed by atoms with Crippen LogP contribution in [0.5, 0.6) is 0 Å². The Morgan fingerprint density at radius 1 is 1.29 bits per heavy atom. The summed E-state index contributed by atoms with van der Waals surface area (Å²) in [5.74, 6) is 2.14. The maximum absolute atomic E-state index is 6.11. The molecule has 1 aliphatic heterocycles. The van der Waals surface area contributed by atoms with E-state index in [4.69, 9.17) is 11.6 Å². The molecule has 0 saturated heterocycles. The van der Waals surface area contributed by atoms with Crippen LogP contribution in [0.15, 0.2) is 23.1 Å². The van der Waals surface area contributed by atoms with E-state index >= 15 is 0 Å². The molecule has 1 saturated carbocycles. The van der Waals surface area contributed by atoms with Crippen LogP contribution in [0.1, 0.15) is 37.3 Å². The fourth-order valence-electron chi connectivity index (χ4n) is 2.58. The van der Waals surface area contributed by atoms with Crippen molar-refractivity contribution in [3.8, 4) is 0 Å². The number of benzene rings is 1. The van der Waals surface area contributed by atoms with E-state index in [9.17, 15) is 0 Å². The Balaban J connectivity index is 1.71. The first-order chi connectivity index (χ1) is 8.33.